The van der Waals surface area contributed by atoms with E-state index in [2.05, 4.69) is 5.32 Å². The molecule has 1 aromatic carbocycles. The Balaban J connectivity index is 1.53. The van der Waals surface area contributed by atoms with Gasteiger partial charge in [-0.1, -0.05) is 17.7 Å². The monoisotopic (exact) mass is 431 g/mol. The van der Waals surface area contributed by atoms with Crippen molar-refractivity contribution in [2.45, 2.75) is 11.1 Å². The standard InChI is InChI=1S/C17H19ClFN3O3S2/c1-12-2-3-13(10-14(12)19)20-16(23)11-21-6-8-22(9-7-21)27(24,25)17-5-4-15(18)26-17/h2-5,10H,6-9,11H2,1H3,(H,20,23). The second-order valence-electron chi connectivity index (χ2n) is 6.25. The second-order valence-corrected chi connectivity index (χ2v) is 10.1. The summed E-state index contributed by atoms with van der Waals surface area (Å²) in [5.74, 6) is -0.639. The van der Waals surface area contributed by atoms with Crippen LogP contribution in [-0.4, -0.2) is 56.3 Å². The van der Waals surface area contributed by atoms with E-state index < -0.39 is 10.0 Å². The minimum absolute atomic E-state index is 0.119. The zero-order valence-electron chi connectivity index (χ0n) is 14.6. The fourth-order valence-electron chi connectivity index (χ4n) is 2.77. The van der Waals surface area contributed by atoms with Crippen molar-refractivity contribution in [3.8, 4) is 0 Å². The summed E-state index contributed by atoms with van der Waals surface area (Å²) in [5.41, 5.74) is 0.913. The molecule has 1 aromatic heterocycles. The maximum atomic E-state index is 13.6. The fraction of sp³-hybridized carbons (Fsp3) is 0.353. The minimum atomic E-state index is -3.55. The first-order valence-corrected chi connectivity index (χ1v) is 10.9. The Labute approximate surface area is 166 Å². The van der Waals surface area contributed by atoms with Gasteiger partial charge in [0.2, 0.25) is 5.91 Å². The highest BCUT2D eigenvalue weighted by Gasteiger charge is 2.30. The third kappa shape index (κ3) is 4.85. The van der Waals surface area contributed by atoms with Crippen LogP contribution < -0.4 is 5.32 Å². The predicted molar refractivity (Wildman–Crippen MR) is 104 cm³/mol. The molecule has 1 aliphatic rings. The summed E-state index contributed by atoms with van der Waals surface area (Å²) in [7, 11) is -3.55. The zero-order valence-corrected chi connectivity index (χ0v) is 17.0. The number of rotatable bonds is 5. The van der Waals surface area contributed by atoms with Gasteiger partial charge in [0.1, 0.15) is 10.0 Å². The number of amides is 1. The van der Waals surface area contributed by atoms with Gasteiger partial charge in [-0.2, -0.15) is 4.31 Å². The van der Waals surface area contributed by atoms with Crippen LogP contribution in [0, 0.1) is 12.7 Å². The van der Waals surface area contributed by atoms with Gasteiger partial charge in [0.25, 0.3) is 10.0 Å². The molecule has 0 aliphatic carbocycles. The lowest BCUT2D eigenvalue weighted by Crippen LogP contribution is -2.50. The smallest absolute Gasteiger partial charge is 0.252 e. The van der Waals surface area contributed by atoms with Crippen molar-refractivity contribution >= 4 is 44.6 Å². The highest BCUT2D eigenvalue weighted by atomic mass is 35.5. The number of nitrogens with one attached hydrogen (secondary N) is 1. The van der Waals surface area contributed by atoms with E-state index in [4.69, 9.17) is 11.6 Å². The van der Waals surface area contributed by atoms with E-state index in [9.17, 15) is 17.6 Å². The Hall–Kier alpha value is -1.52. The number of thiophene rings is 1. The molecule has 1 fully saturated rings. The lowest BCUT2D eigenvalue weighted by Gasteiger charge is -2.33. The van der Waals surface area contributed by atoms with E-state index in [0.717, 1.165) is 11.3 Å². The Morgan fingerprint density at radius 3 is 2.52 bits per heavy atom. The van der Waals surface area contributed by atoms with Gasteiger partial charge in [-0.25, -0.2) is 12.8 Å². The van der Waals surface area contributed by atoms with Crippen LogP contribution >= 0.6 is 22.9 Å². The van der Waals surface area contributed by atoms with Gasteiger partial charge >= 0.3 is 0 Å². The van der Waals surface area contributed by atoms with E-state index in [1.807, 2.05) is 4.90 Å². The van der Waals surface area contributed by atoms with Crippen LogP contribution in [0.25, 0.3) is 0 Å². The average molecular weight is 432 g/mol. The molecule has 1 N–H and O–H groups in total. The molecule has 2 aromatic rings. The van der Waals surface area contributed by atoms with Gasteiger partial charge in [0.05, 0.1) is 10.9 Å². The first-order valence-electron chi connectivity index (χ1n) is 8.29. The third-order valence-corrected chi connectivity index (χ3v) is 7.89. The van der Waals surface area contributed by atoms with Crippen molar-refractivity contribution < 1.29 is 17.6 Å². The van der Waals surface area contributed by atoms with E-state index in [1.165, 1.54) is 16.4 Å². The topological polar surface area (TPSA) is 69.7 Å². The molecule has 0 saturated carbocycles. The number of carbonyl (C=O) groups excluding carboxylic acids is 1. The number of benzene rings is 1. The highest BCUT2D eigenvalue weighted by molar-refractivity contribution is 7.91. The average Bonchev–Trinajstić information content (AvgIpc) is 3.06. The molecule has 0 unspecified atom stereocenters. The van der Waals surface area contributed by atoms with Crippen molar-refractivity contribution in [1.29, 1.82) is 0 Å². The van der Waals surface area contributed by atoms with Crippen molar-refractivity contribution in [3.05, 3.63) is 46.0 Å². The number of piperazine rings is 1. The van der Waals surface area contributed by atoms with Crippen molar-refractivity contribution in [3.63, 3.8) is 0 Å². The number of hydrogen-bond donors (Lipinski definition) is 1. The summed E-state index contributed by atoms with van der Waals surface area (Å²) in [6.07, 6.45) is 0. The van der Waals surface area contributed by atoms with Crippen LogP contribution in [0.1, 0.15) is 5.56 Å². The van der Waals surface area contributed by atoms with Gasteiger partial charge < -0.3 is 5.32 Å². The third-order valence-electron chi connectivity index (χ3n) is 4.30. The lowest BCUT2D eigenvalue weighted by atomic mass is 10.2. The molecule has 0 radical (unpaired) electrons. The largest absolute Gasteiger partial charge is 0.325 e. The number of aryl methyl sites for hydroxylation is 1. The summed E-state index contributed by atoms with van der Waals surface area (Å²) in [6, 6.07) is 7.60. The minimum Gasteiger partial charge on any atom is -0.325 e. The normalized spacial score (nSPS) is 16.4. The van der Waals surface area contributed by atoms with Gasteiger partial charge in [0, 0.05) is 31.9 Å². The number of carbonyl (C=O) groups is 1. The van der Waals surface area contributed by atoms with Crippen LogP contribution in [0.15, 0.2) is 34.5 Å². The van der Waals surface area contributed by atoms with Gasteiger partial charge in [-0.05, 0) is 36.8 Å². The summed E-state index contributed by atoms with van der Waals surface area (Å²) in [6.45, 7) is 3.24. The zero-order chi connectivity index (χ0) is 19.6. The molecule has 146 valence electrons. The van der Waals surface area contributed by atoms with Crippen LogP contribution in [0.4, 0.5) is 10.1 Å². The molecule has 1 saturated heterocycles. The van der Waals surface area contributed by atoms with E-state index in [0.29, 0.717) is 41.8 Å². The SMILES string of the molecule is Cc1ccc(NC(=O)CN2CCN(S(=O)(=O)c3ccc(Cl)s3)CC2)cc1F. The maximum Gasteiger partial charge on any atom is 0.252 e. The Morgan fingerprint density at radius 2 is 1.93 bits per heavy atom. The quantitative estimate of drug-likeness (QED) is 0.790. The van der Waals surface area contributed by atoms with Crippen LogP contribution in [-0.2, 0) is 14.8 Å². The molecule has 0 spiro atoms. The summed E-state index contributed by atoms with van der Waals surface area (Å²) >= 11 is 6.86. The molecule has 1 aliphatic heterocycles. The fourth-order valence-corrected chi connectivity index (χ4v) is 5.83. The molecule has 2 heterocycles. The van der Waals surface area contributed by atoms with Crippen LogP contribution in [0.3, 0.4) is 0 Å². The predicted octanol–water partition coefficient (Wildman–Crippen LogP) is 2.79. The first-order chi connectivity index (χ1) is 12.8. The van der Waals surface area contributed by atoms with Crippen molar-refractivity contribution in [1.82, 2.24) is 9.21 Å². The van der Waals surface area contributed by atoms with Gasteiger partial charge in [-0.15, -0.1) is 11.3 Å². The molecule has 0 bridgehead atoms. The number of hydrogen-bond acceptors (Lipinski definition) is 5. The van der Waals surface area contributed by atoms with E-state index >= 15 is 0 Å². The number of halogens is 2. The van der Waals surface area contributed by atoms with Crippen LogP contribution in [0.5, 0.6) is 0 Å². The molecule has 6 nitrogen and oxygen atoms in total. The molecule has 10 heteroatoms. The maximum absolute atomic E-state index is 13.6. The van der Waals surface area contributed by atoms with E-state index in [1.54, 1.807) is 25.1 Å². The number of anilines is 1. The van der Waals surface area contributed by atoms with E-state index in [-0.39, 0.29) is 22.5 Å². The summed E-state index contributed by atoms with van der Waals surface area (Å²) < 4.78 is 40.8. The highest BCUT2D eigenvalue weighted by Crippen LogP contribution is 2.28. The van der Waals surface area contributed by atoms with Crippen molar-refractivity contribution in [2.24, 2.45) is 0 Å². The Morgan fingerprint density at radius 1 is 1.22 bits per heavy atom. The van der Waals surface area contributed by atoms with Gasteiger partial charge in [-0.3, -0.25) is 9.69 Å². The van der Waals surface area contributed by atoms with Crippen molar-refractivity contribution in [2.75, 3.05) is 38.0 Å². The van der Waals surface area contributed by atoms with Gasteiger partial charge in [0.15, 0.2) is 0 Å². The van der Waals surface area contributed by atoms with Crippen LogP contribution in [0.2, 0.25) is 4.34 Å². The molecule has 1 amide bonds. The Bertz CT molecular complexity index is 941. The lowest BCUT2D eigenvalue weighted by molar-refractivity contribution is -0.117. The molecule has 0 atom stereocenters. The summed E-state index contributed by atoms with van der Waals surface area (Å²) in [4.78, 5) is 14.0. The summed E-state index contributed by atoms with van der Waals surface area (Å²) in [5, 5.41) is 2.66. The second kappa shape index (κ2) is 8.24. The molecular formula is C17H19ClFN3O3S2. The molecule has 3 rings (SSSR count). The first kappa shape index (κ1) is 20.2. The molecular weight excluding hydrogens is 413 g/mol. The number of nitrogens with zero attached hydrogens (tertiary/aromatic N) is 2. The Kier molecular flexibility index (Phi) is 6.17. The molecule has 27 heavy (non-hydrogen) atoms. The number of sulfonamides is 1.